The second-order valence-electron chi connectivity index (χ2n) is 14.3. The van der Waals surface area contributed by atoms with Crippen LogP contribution in [0.3, 0.4) is 0 Å². The number of rotatable bonds is 10. The third-order valence-electron chi connectivity index (χ3n) is 8.19. The van der Waals surface area contributed by atoms with Gasteiger partial charge in [-0.3, -0.25) is 24.0 Å². The number of amides is 5. The predicted octanol–water partition coefficient (Wildman–Crippen LogP) is 3.54. The first-order valence-corrected chi connectivity index (χ1v) is 16.5. The van der Waals surface area contributed by atoms with Crippen molar-refractivity contribution in [1.82, 2.24) is 25.8 Å². The molecule has 1 aliphatic rings. The molecule has 1 aromatic carbocycles. The Morgan fingerprint density at radius 3 is 1.38 bits per heavy atom. The van der Waals surface area contributed by atoms with Gasteiger partial charge in [-0.15, -0.1) is 0 Å². The van der Waals surface area contributed by atoms with Gasteiger partial charge in [-0.25, -0.2) is 0 Å². The molecule has 0 bridgehead atoms. The van der Waals surface area contributed by atoms with Crippen molar-refractivity contribution < 1.29 is 24.0 Å². The Balaban J connectivity index is 2.72. The molecule has 3 N–H and O–H groups in total. The van der Waals surface area contributed by atoms with Gasteiger partial charge in [-0.05, 0) is 54.9 Å². The fraction of sp³-hybridized carbons (Fsp3) is 0.686. The van der Waals surface area contributed by atoms with Gasteiger partial charge >= 0.3 is 0 Å². The van der Waals surface area contributed by atoms with Crippen LogP contribution in [0.4, 0.5) is 0 Å². The first-order chi connectivity index (χ1) is 21.0. The number of nitrogens with one attached hydrogen (secondary N) is 3. The molecule has 10 nitrogen and oxygen atoms in total. The summed E-state index contributed by atoms with van der Waals surface area (Å²) in [6, 6.07) is 4.89. The van der Waals surface area contributed by atoms with Crippen LogP contribution in [0.1, 0.15) is 86.6 Å². The van der Waals surface area contributed by atoms with Crippen molar-refractivity contribution in [1.29, 1.82) is 0 Å². The Morgan fingerprint density at radius 2 is 0.911 bits per heavy atom. The predicted molar refractivity (Wildman–Crippen MR) is 177 cm³/mol. The summed E-state index contributed by atoms with van der Waals surface area (Å²) in [5.41, 5.74) is 0.854. The number of hydrogen-bond acceptors (Lipinski definition) is 5. The van der Waals surface area contributed by atoms with Gasteiger partial charge in [0.25, 0.3) is 0 Å². The Labute approximate surface area is 270 Å². The highest BCUT2D eigenvalue weighted by molar-refractivity contribution is 5.98. The summed E-state index contributed by atoms with van der Waals surface area (Å²) in [4.78, 5) is 72.8. The largest absolute Gasteiger partial charge is 0.343 e. The fourth-order valence-electron chi connectivity index (χ4n) is 5.83. The molecule has 0 aliphatic carbocycles. The maximum atomic E-state index is 14.1. The highest BCUT2D eigenvalue weighted by atomic mass is 16.2. The Morgan fingerprint density at radius 1 is 0.533 bits per heavy atom. The van der Waals surface area contributed by atoms with E-state index in [0.29, 0.717) is 25.7 Å². The molecule has 0 spiro atoms. The van der Waals surface area contributed by atoms with Crippen LogP contribution in [0.15, 0.2) is 30.3 Å². The van der Waals surface area contributed by atoms with E-state index in [1.54, 1.807) is 14.1 Å². The van der Waals surface area contributed by atoms with Crippen molar-refractivity contribution in [3.8, 4) is 0 Å². The summed E-state index contributed by atoms with van der Waals surface area (Å²) in [5, 5.41) is 8.81. The lowest BCUT2D eigenvalue weighted by molar-refractivity contribution is -0.145. The number of carbonyl (C=O) groups excluding carboxylic acids is 5. The van der Waals surface area contributed by atoms with Crippen molar-refractivity contribution >= 4 is 29.5 Å². The summed E-state index contributed by atoms with van der Waals surface area (Å²) in [6.07, 6.45) is 1.66. The molecule has 5 amide bonds. The van der Waals surface area contributed by atoms with Crippen molar-refractivity contribution in [3.05, 3.63) is 35.9 Å². The lowest BCUT2D eigenvalue weighted by Crippen LogP contribution is -2.59. The number of likely N-dealkylation sites (N-methyl/N-ethyl adjacent to an activating group) is 2. The molecule has 252 valence electrons. The molecule has 1 aliphatic heterocycles. The highest BCUT2D eigenvalue weighted by Gasteiger charge is 2.39. The number of carbonyl (C=O) groups is 5. The molecule has 45 heavy (non-hydrogen) atoms. The van der Waals surface area contributed by atoms with Gasteiger partial charge in [0.1, 0.15) is 30.2 Å². The molecule has 0 radical (unpaired) electrons. The third-order valence-corrected chi connectivity index (χ3v) is 8.19. The van der Waals surface area contributed by atoms with Gasteiger partial charge in [0, 0.05) is 20.5 Å². The van der Waals surface area contributed by atoms with Gasteiger partial charge in [0.2, 0.25) is 29.5 Å². The second-order valence-corrected chi connectivity index (χ2v) is 14.3. The molecule has 10 heteroatoms. The maximum Gasteiger partial charge on any atom is 0.245 e. The normalized spacial score (nSPS) is 24.6. The summed E-state index contributed by atoms with van der Waals surface area (Å²) in [7, 11) is 3.16. The third kappa shape index (κ3) is 11.5. The quantitative estimate of drug-likeness (QED) is 0.366. The van der Waals surface area contributed by atoms with E-state index in [0.717, 1.165) is 5.56 Å². The van der Waals surface area contributed by atoms with E-state index in [1.165, 1.54) is 9.80 Å². The monoisotopic (exact) mass is 627 g/mol. The van der Waals surface area contributed by atoms with Crippen LogP contribution < -0.4 is 16.0 Å². The van der Waals surface area contributed by atoms with Gasteiger partial charge in [0.15, 0.2) is 0 Å². The molecule has 0 unspecified atom stereocenters. The first-order valence-electron chi connectivity index (χ1n) is 16.5. The molecule has 1 fully saturated rings. The minimum atomic E-state index is -0.943. The molecular formula is C35H57N5O5. The number of benzene rings is 1. The zero-order chi connectivity index (χ0) is 34.0. The van der Waals surface area contributed by atoms with Gasteiger partial charge < -0.3 is 25.8 Å². The second kappa shape index (κ2) is 17.3. The Hall–Kier alpha value is -3.43. The Kier molecular flexibility index (Phi) is 14.5. The molecule has 1 saturated heterocycles. The lowest BCUT2D eigenvalue weighted by atomic mass is 9.97. The standard InChI is InChI=1S/C35H57N5O5/c1-21(2)16-26-31(41)37-27(17-22(3)4)34(44)40(10)30(20-25-14-12-11-13-15-25)33(43)38-28(18-23(5)6)35(45)39(9)29(19-24(7)8)32(42)36-26/h11-15,21-24,26-30H,16-20H2,1-10H3,(H,36,42)(H,37,41)(H,38,43)/t26-,27+,28-,29-,30-/m1/s1. The minimum Gasteiger partial charge on any atom is -0.343 e. The van der Waals surface area contributed by atoms with Crippen LogP contribution in [-0.4, -0.2) is 83.6 Å². The van der Waals surface area contributed by atoms with Gasteiger partial charge in [-0.2, -0.15) is 0 Å². The average molecular weight is 628 g/mol. The molecule has 0 aromatic heterocycles. The van der Waals surface area contributed by atoms with E-state index in [-0.39, 0.29) is 36.0 Å². The molecule has 2 rings (SSSR count). The average Bonchev–Trinajstić information content (AvgIpc) is 2.95. The fourth-order valence-corrected chi connectivity index (χ4v) is 5.83. The van der Waals surface area contributed by atoms with Crippen molar-refractivity contribution in [2.24, 2.45) is 23.7 Å². The minimum absolute atomic E-state index is 0.0615. The molecule has 5 atom stereocenters. The SMILES string of the molecule is CC(C)C[C@@H]1NC(=O)[C@@H](CC(C)C)NC(=O)[C@@H](CC(C)C)N(C)C(=O)[C@@H](CC(C)C)NC(=O)[C@@H](Cc2ccccc2)N(C)C1=O. The zero-order valence-corrected chi connectivity index (χ0v) is 29.1. The van der Waals surface area contributed by atoms with E-state index in [1.807, 2.05) is 85.7 Å². The van der Waals surface area contributed by atoms with Crippen LogP contribution in [0, 0.1) is 23.7 Å². The van der Waals surface area contributed by atoms with E-state index in [2.05, 4.69) is 16.0 Å². The summed E-state index contributed by atoms with van der Waals surface area (Å²) >= 11 is 0. The van der Waals surface area contributed by atoms with Crippen molar-refractivity contribution in [2.75, 3.05) is 14.1 Å². The summed E-state index contributed by atoms with van der Waals surface area (Å²) < 4.78 is 0. The Bertz CT molecular complexity index is 1150. The van der Waals surface area contributed by atoms with Crippen LogP contribution in [0.2, 0.25) is 0 Å². The first kappa shape index (κ1) is 37.8. The van der Waals surface area contributed by atoms with E-state index >= 15 is 0 Å². The molecular weight excluding hydrogens is 570 g/mol. The lowest BCUT2D eigenvalue weighted by Gasteiger charge is -2.34. The topological polar surface area (TPSA) is 128 Å². The number of hydrogen-bond donors (Lipinski definition) is 3. The van der Waals surface area contributed by atoms with Crippen LogP contribution >= 0.6 is 0 Å². The van der Waals surface area contributed by atoms with Crippen molar-refractivity contribution in [2.45, 2.75) is 118 Å². The summed E-state index contributed by atoms with van der Waals surface area (Å²) in [5.74, 6) is -1.88. The molecule has 0 saturated carbocycles. The maximum absolute atomic E-state index is 14.1. The zero-order valence-electron chi connectivity index (χ0n) is 29.1. The molecule has 1 aromatic rings. The van der Waals surface area contributed by atoms with E-state index in [9.17, 15) is 24.0 Å². The van der Waals surface area contributed by atoms with Crippen LogP contribution in [0.5, 0.6) is 0 Å². The van der Waals surface area contributed by atoms with E-state index < -0.39 is 53.8 Å². The van der Waals surface area contributed by atoms with Crippen LogP contribution in [-0.2, 0) is 30.4 Å². The highest BCUT2D eigenvalue weighted by Crippen LogP contribution is 2.19. The van der Waals surface area contributed by atoms with E-state index in [4.69, 9.17) is 0 Å². The van der Waals surface area contributed by atoms with Gasteiger partial charge in [-0.1, -0.05) is 85.7 Å². The van der Waals surface area contributed by atoms with Crippen LogP contribution in [0.25, 0.3) is 0 Å². The smallest absolute Gasteiger partial charge is 0.245 e. The van der Waals surface area contributed by atoms with Gasteiger partial charge in [0.05, 0.1) is 0 Å². The summed E-state index contributed by atoms with van der Waals surface area (Å²) in [6.45, 7) is 15.7. The van der Waals surface area contributed by atoms with Crippen molar-refractivity contribution in [3.63, 3.8) is 0 Å². The number of nitrogens with zero attached hydrogens (tertiary/aromatic N) is 2. The molecule has 1 heterocycles.